The van der Waals surface area contributed by atoms with E-state index in [0.29, 0.717) is 17.2 Å². The lowest BCUT2D eigenvalue weighted by atomic mass is 9.87. The molecule has 1 aliphatic carbocycles. The second kappa shape index (κ2) is 8.09. The van der Waals surface area contributed by atoms with Gasteiger partial charge in [0.25, 0.3) is 5.91 Å². The number of hydrogen-bond acceptors (Lipinski definition) is 4. The van der Waals surface area contributed by atoms with Crippen molar-refractivity contribution in [1.29, 1.82) is 0 Å². The van der Waals surface area contributed by atoms with Crippen molar-refractivity contribution in [3.63, 3.8) is 0 Å². The van der Waals surface area contributed by atoms with E-state index < -0.39 is 0 Å². The van der Waals surface area contributed by atoms with Gasteiger partial charge in [-0.2, -0.15) is 0 Å². The van der Waals surface area contributed by atoms with Crippen molar-refractivity contribution in [3.05, 3.63) is 17.7 Å². The molecule has 1 aromatic rings. The van der Waals surface area contributed by atoms with Crippen LogP contribution < -0.4 is 19.5 Å². The van der Waals surface area contributed by atoms with Crippen molar-refractivity contribution in [2.75, 3.05) is 20.8 Å². The fraction of sp³-hybridized carbons (Fsp3) is 0.611. The lowest BCUT2D eigenvalue weighted by molar-refractivity contribution is -0.124. The van der Waals surface area contributed by atoms with Crippen LogP contribution in [0.4, 0.5) is 0 Å². The highest BCUT2D eigenvalue weighted by Crippen LogP contribution is 2.38. The summed E-state index contributed by atoms with van der Waals surface area (Å²) < 4.78 is 16.3. The second-order valence-corrected chi connectivity index (χ2v) is 6.31. The molecule has 2 rings (SSSR count). The lowest BCUT2D eigenvalue weighted by Gasteiger charge is -2.27. The maximum Gasteiger partial charge on any atom is 0.258 e. The summed E-state index contributed by atoms with van der Waals surface area (Å²) in [6, 6.07) is 3.99. The molecule has 1 amide bonds. The number of carbonyl (C=O) groups is 1. The summed E-state index contributed by atoms with van der Waals surface area (Å²) in [7, 11) is 3.15. The Morgan fingerprint density at radius 1 is 1.13 bits per heavy atom. The van der Waals surface area contributed by atoms with E-state index in [1.807, 2.05) is 19.1 Å². The topological polar surface area (TPSA) is 56.8 Å². The predicted octanol–water partition coefficient (Wildman–Crippen LogP) is 3.09. The summed E-state index contributed by atoms with van der Waals surface area (Å²) in [5.41, 5.74) is 1.01. The van der Waals surface area contributed by atoms with Gasteiger partial charge in [0.1, 0.15) is 0 Å². The van der Waals surface area contributed by atoms with Crippen LogP contribution in [-0.4, -0.2) is 32.8 Å². The highest BCUT2D eigenvalue weighted by atomic mass is 16.5. The zero-order valence-corrected chi connectivity index (χ0v) is 14.5. The van der Waals surface area contributed by atoms with Crippen LogP contribution in [0.2, 0.25) is 0 Å². The molecule has 128 valence electrons. The van der Waals surface area contributed by atoms with Crippen LogP contribution in [0.25, 0.3) is 0 Å². The molecule has 5 heteroatoms. The standard InChI is InChI=1S/C18H27NO4/c1-12-5-7-14(8-6-12)19-17(20)11-23-18-15(21-3)9-13(2)10-16(18)22-4/h9-10,12,14H,5-8,11H2,1-4H3,(H,19,20). The zero-order valence-electron chi connectivity index (χ0n) is 14.5. The number of benzene rings is 1. The monoisotopic (exact) mass is 321 g/mol. The maximum absolute atomic E-state index is 12.1. The van der Waals surface area contributed by atoms with E-state index in [9.17, 15) is 4.79 Å². The first kappa shape index (κ1) is 17.4. The van der Waals surface area contributed by atoms with Crippen LogP contribution in [0.5, 0.6) is 17.2 Å². The van der Waals surface area contributed by atoms with Crippen molar-refractivity contribution in [1.82, 2.24) is 5.32 Å². The Bertz CT molecular complexity index is 511. The van der Waals surface area contributed by atoms with Crippen LogP contribution >= 0.6 is 0 Å². The van der Waals surface area contributed by atoms with Gasteiger partial charge in [0.05, 0.1) is 14.2 Å². The molecule has 0 spiro atoms. The van der Waals surface area contributed by atoms with Crippen molar-refractivity contribution in [2.45, 2.75) is 45.6 Å². The molecule has 0 unspecified atom stereocenters. The average molecular weight is 321 g/mol. The van der Waals surface area contributed by atoms with Gasteiger partial charge in [-0.15, -0.1) is 0 Å². The van der Waals surface area contributed by atoms with E-state index >= 15 is 0 Å². The summed E-state index contributed by atoms with van der Waals surface area (Å²) in [6.45, 7) is 4.17. The van der Waals surface area contributed by atoms with Crippen LogP contribution in [0.1, 0.15) is 38.2 Å². The molecule has 1 N–H and O–H groups in total. The number of amides is 1. The summed E-state index contributed by atoms with van der Waals surface area (Å²) in [4.78, 5) is 12.1. The fourth-order valence-electron chi connectivity index (χ4n) is 2.96. The third kappa shape index (κ3) is 4.78. The molecule has 1 saturated carbocycles. The lowest BCUT2D eigenvalue weighted by Crippen LogP contribution is -2.39. The fourth-order valence-corrected chi connectivity index (χ4v) is 2.96. The Morgan fingerprint density at radius 3 is 2.22 bits per heavy atom. The normalized spacial score (nSPS) is 20.7. The Balaban J connectivity index is 1.93. The number of rotatable bonds is 6. The minimum atomic E-state index is -0.103. The van der Waals surface area contributed by atoms with E-state index in [1.165, 1.54) is 12.8 Å². The molecule has 0 atom stereocenters. The van der Waals surface area contributed by atoms with E-state index in [2.05, 4.69) is 12.2 Å². The number of nitrogens with one attached hydrogen (secondary N) is 1. The molecule has 0 aliphatic heterocycles. The van der Waals surface area contributed by atoms with Crippen molar-refractivity contribution in [2.24, 2.45) is 5.92 Å². The van der Waals surface area contributed by atoms with Gasteiger partial charge in [-0.1, -0.05) is 6.92 Å². The summed E-state index contributed by atoms with van der Waals surface area (Å²) in [6.07, 6.45) is 4.44. The Morgan fingerprint density at radius 2 is 1.70 bits per heavy atom. The van der Waals surface area contributed by atoms with Crippen molar-refractivity contribution in [3.8, 4) is 17.2 Å². The molecule has 23 heavy (non-hydrogen) atoms. The van der Waals surface area contributed by atoms with E-state index in [4.69, 9.17) is 14.2 Å². The van der Waals surface area contributed by atoms with Gasteiger partial charge in [-0.25, -0.2) is 0 Å². The van der Waals surface area contributed by atoms with Gasteiger partial charge < -0.3 is 19.5 Å². The minimum Gasteiger partial charge on any atom is -0.493 e. The van der Waals surface area contributed by atoms with E-state index in [1.54, 1.807) is 14.2 Å². The van der Waals surface area contributed by atoms with Crippen LogP contribution in [0.3, 0.4) is 0 Å². The van der Waals surface area contributed by atoms with Gasteiger partial charge in [0.15, 0.2) is 18.1 Å². The number of aryl methyl sites for hydroxylation is 1. The zero-order chi connectivity index (χ0) is 16.8. The summed E-state index contributed by atoms with van der Waals surface area (Å²) >= 11 is 0. The maximum atomic E-state index is 12.1. The Labute approximate surface area is 138 Å². The highest BCUT2D eigenvalue weighted by Gasteiger charge is 2.20. The molecule has 5 nitrogen and oxygen atoms in total. The third-order valence-corrected chi connectivity index (χ3v) is 4.33. The second-order valence-electron chi connectivity index (χ2n) is 6.31. The number of hydrogen-bond donors (Lipinski definition) is 1. The van der Waals surface area contributed by atoms with Crippen molar-refractivity contribution >= 4 is 5.91 Å². The molecule has 0 bridgehead atoms. The highest BCUT2D eigenvalue weighted by molar-refractivity contribution is 5.78. The van der Waals surface area contributed by atoms with Gasteiger partial charge in [-0.3, -0.25) is 4.79 Å². The molecular formula is C18H27NO4. The Kier molecular flexibility index (Phi) is 6.13. The molecule has 1 fully saturated rings. The van der Waals surface area contributed by atoms with Crippen LogP contribution in [0.15, 0.2) is 12.1 Å². The molecule has 1 aliphatic rings. The number of methoxy groups -OCH3 is 2. The van der Waals surface area contributed by atoms with Gasteiger partial charge >= 0.3 is 0 Å². The molecule has 0 aromatic heterocycles. The molecule has 0 saturated heterocycles. The molecular weight excluding hydrogens is 294 g/mol. The summed E-state index contributed by atoms with van der Waals surface area (Å²) in [5.74, 6) is 2.27. The third-order valence-electron chi connectivity index (χ3n) is 4.33. The first-order valence-corrected chi connectivity index (χ1v) is 8.18. The van der Waals surface area contributed by atoms with Gasteiger partial charge in [-0.05, 0) is 56.2 Å². The molecule has 0 heterocycles. The van der Waals surface area contributed by atoms with Gasteiger partial charge in [0, 0.05) is 6.04 Å². The van der Waals surface area contributed by atoms with E-state index in [-0.39, 0.29) is 18.6 Å². The predicted molar refractivity (Wildman–Crippen MR) is 89.3 cm³/mol. The van der Waals surface area contributed by atoms with Crippen LogP contribution in [0, 0.1) is 12.8 Å². The van der Waals surface area contributed by atoms with Crippen LogP contribution in [-0.2, 0) is 4.79 Å². The number of carbonyl (C=O) groups excluding carboxylic acids is 1. The molecule has 1 aromatic carbocycles. The smallest absolute Gasteiger partial charge is 0.258 e. The first-order chi connectivity index (χ1) is 11.0. The SMILES string of the molecule is COc1cc(C)cc(OC)c1OCC(=O)NC1CCC(C)CC1. The first-order valence-electron chi connectivity index (χ1n) is 8.18. The average Bonchev–Trinajstić information content (AvgIpc) is 2.54. The summed E-state index contributed by atoms with van der Waals surface area (Å²) in [5, 5.41) is 3.05. The molecule has 0 radical (unpaired) electrons. The largest absolute Gasteiger partial charge is 0.493 e. The van der Waals surface area contributed by atoms with Gasteiger partial charge in [0.2, 0.25) is 5.75 Å². The Hall–Kier alpha value is -1.91. The van der Waals surface area contributed by atoms with E-state index in [0.717, 1.165) is 24.3 Å². The van der Waals surface area contributed by atoms with Crippen molar-refractivity contribution < 1.29 is 19.0 Å². The minimum absolute atomic E-state index is 0.0398. The quantitative estimate of drug-likeness (QED) is 0.875. The number of ether oxygens (including phenoxy) is 3.